The highest BCUT2D eigenvalue weighted by Crippen LogP contribution is 2.28. The topological polar surface area (TPSA) is 57.1 Å². The van der Waals surface area contributed by atoms with Crippen molar-refractivity contribution < 1.29 is 23.4 Å². The molecule has 6 heteroatoms. The second-order valence-electron chi connectivity index (χ2n) is 4.92. The molecule has 3 rings (SSSR count). The monoisotopic (exact) mass is 327 g/mol. The first-order valence-electron chi connectivity index (χ1n) is 7.12. The number of rotatable bonds is 4. The van der Waals surface area contributed by atoms with Crippen molar-refractivity contribution in [3.05, 3.63) is 65.1 Å². The van der Waals surface area contributed by atoms with Crippen LogP contribution in [0.2, 0.25) is 0 Å². The summed E-state index contributed by atoms with van der Waals surface area (Å²) in [6, 6.07) is 11.1. The average Bonchev–Trinajstić information content (AvgIpc) is 2.96. The minimum atomic E-state index is -0.647. The van der Waals surface area contributed by atoms with E-state index in [0.29, 0.717) is 17.1 Å². The van der Waals surface area contributed by atoms with E-state index in [1.54, 1.807) is 37.4 Å². The standard InChI is InChI=1S/C18H14FNO4/c1-22-12-8-7-11(16(10-12)23-2)9-15-18(21)24-17(20-15)13-5-3-4-6-14(13)19/h3-10H,1-2H3/b15-9+. The van der Waals surface area contributed by atoms with Crippen molar-refractivity contribution in [1.82, 2.24) is 0 Å². The number of carbonyl (C=O) groups is 1. The van der Waals surface area contributed by atoms with E-state index in [4.69, 9.17) is 14.2 Å². The summed E-state index contributed by atoms with van der Waals surface area (Å²) in [5.41, 5.74) is 0.830. The van der Waals surface area contributed by atoms with Crippen molar-refractivity contribution in [2.75, 3.05) is 14.2 Å². The van der Waals surface area contributed by atoms with E-state index in [9.17, 15) is 9.18 Å². The van der Waals surface area contributed by atoms with Gasteiger partial charge in [-0.2, -0.15) is 0 Å². The third kappa shape index (κ3) is 2.99. The van der Waals surface area contributed by atoms with Crippen LogP contribution >= 0.6 is 0 Å². The molecule has 0 saturated carbocycles. The molecule has 0 aliphatic carbocycles. The molecule has 5 nitrogen and oxygen atoms in total. The molecule has 0 spiro atoms. The zero-order chi connectivity index (χ0) is 17.1. The minimum Gasteiger partial charge on any atom is -0.497 e. The van der Waals surface area contributed by atoms with Crippen molar-refractivity contribution in [2.24, 2.45) is 4.99 Å². The fourth-order valence-electron chi connectivity index (χ4n) is 2.24. The lowest BCUT2D eigenvalue weighted by atomic mass is 10.1. The third-order valence-corrected chi connectivity index (χ3v) is 3.46. The first-order valence-corrected chi connectivity index (χ1v) is 7.12. The van der Waals surface area contributed by atoms with Gasteiger partial charge in [-0.15, -0.1) is 0 Å². The van der Waals surface area contributed by atoms with Gasteiger partial charge in [0.05, 0.1) is 19.8 Å². The molecule has 0 atom stereocenters. The lowest BCUT2D eigenvalue weighted by molar-refractivity contribution is -0.129. The van der Waals surface area contributed by atoms with Gasteiger partial charge in [0.25, 0.3) is 0 Å². The van der Waals surface area contributed by atoms with Crippen molar-refractivity contribution in [3.8, 4) is 11.5 Å². The van der Waals surface area contributed by atoms with Gasteiger partial charge in [-0.1, -0.05) is 12.1 Å². The van der Waals surface area contributed by atoms with Crippen LogP contribution in [0.1, 0.15) is 11.1 Å². The minimum absolute atomic E-state index is 0.0585. The Morgan fingerprint density at radius 2 is 1.92 bits per heavy atom. The number of benzene rings is 2. The van der Waals surface area contributed by atoms with Gasteiger partial charge >= 0.3 is 5.97 Å². The molecule has 24 heavy (non-hydrogen) atoms. The van der Waals surface area contributed by atoms with Crippen LogP contribution < -0.4 is 9.47 Å². The summed E-state index contributed by atoms with van der Waals surface area (Å²) in [4.78, 5) is 16.1. The zero-order valence-electron chi connectivity index (χ0n) is 13.1. The molecule has 0 saturated heterocycles. The fourth-order valence-corrected chi connectivity index (χ4v) is 2.24. The molecule has 1 aliphatic rings. The molecule has 122 valence electrons. The van der Waals surface area contributed by atoms with Crippen LogP contribution in [0, 0.1) is 5.82 Å². The number of hydrogen-bond donors (Lipinski definition) is 0. The predicted octanol–water partition coefficient (Wildman–Crippen LogP) is 3.19. The maximum absolute atomic E-state index is 13.8. The van der Waals surface area contributed by atoms with Crippen LogP contribution in [0.4, 0.5) is 4.39 Å². The number of nitrogens with zero attached hydrogens (tertiary/aromatic N) is 1. The molecule has 2 aromatic carbocycles. The summed E-state index contributed by atoms with van der Waals surface area (Å²) in [7, 11) is 3.06. The number of halogens is 1. The Morgan fingerprint density at radius 1 is 1.12 bits per heavy atom. The van der Waals surface area contributed by atoms with Gasteiger partial charge < -0.3 is 14.2 Å². The van der Waals surface area contributed by atoms with Crippen molar-refractivity contribution in [1.29, 1.82) is 0 Å². The molecule has 1 aliphatic heterocycles. The highest BCUT2D eigenvalue weighted by molar-refractivity contribution is 6.13. The molecule has 1 heterocycles. The van der Waals surface area contributed by atoms with Crippen LogP contribution in [0.15, 0.2) is 53.2 Å². The molecule has 2 aromatic rings. The highest BCUT2D eigenvalue weighted by atomic mass is 19.1. The first kappa shape index (κ1) is 15.7. The molecule has 0 unspecified atom stereocenters. The first-order chi connectivity index (χ1) is 11.6. The fraction of sp³-hybridized carbons (Fsp3) is 0.111. The molecule has 0 amide bonds. The Kier molecular flexibility index (Phi) is 4.29. The number of hydrogen-bond acceptors (Lipinski definition) is 5. The summed E-state index contributed by atoms with van der Waals surface area (Å²) < 4.78 is 29.3. The lowest BCUT2D eigenvalue weighted by Gasteiger charge is -2.07. The Morgan fingerprint density at radius 3 is 2.62 bits per heavy atom. The van der Waals surface area contributed by atoms with Gasteiger partial charge in [0, 0.05) is 11.6 Å². The lowest BCUT2D eigenvalue weighted by Crippen LogP contribution is -2.07. The average molecular weight is 327 g/mol. The highest BCUT2D eigenvalue weighted by Gasteiger charge is 2.26. The summed E-state index contributed by atoms with van der Waals surface area (Å²) >= 11 is 0. The molecule has 0 bridgehead atoms. The molecule has 0 radical (unpaired) electrons. The van der Waals surface area contributed by atoms with Crippen LogP contribution in [0.3, 0.4) is 0 Å². The van der Waals surface area contributed by atoms with Gasteiger partial charge in [-0.05, 0) is 30.3 Å². The summed E-state index contributed by atoms with van der Waals surface area (Å²) in [6.07, 6.45) is 1.52. The van der Waals surface area contributed by atoms with Crippen LogP contribution in [-0.2, 0) is 9.53 Å². The van der Waals surface area contributed by atoms with E-state index >= 15 is 0 Å². The number of methoxy groups -OCH3 is 2. The number of cyclic esters (lactones) is 1. The largest absolute Gasteiger partial charge is 0.497 e. The zero-order valence-corrected chi connectivity index (χ0v) is 13.1. The smallest absolute Gasteiger partial charge is 0.363 e. The Bertz CT molecular complexity index is 858. The summed E-state index contributed by atoms with van der Waals surface area (Å²) in [5.74, 6) is -0.0713. The third-order valence-electron chi connectivity index (χ3n) is 3.46. The van der Waals surface area contributed by atoms with E-state index in [-0.39, 0.29) is 17.2 Å². The van der Waals surface area contributed by atoms with E-state index in [0.717, 1.165) is 0 Å². The van der Waals surface area contributed by atoms with E-state index in [2.05, 4.69) is 4.99 Å². The van der Waals surface area contributed by atoms with E-state index in [1.165, 1.54) is 25.3 Å². The number of carbonyl (C=O) groups excluding carboxylic acids is 1. The Balaban J connectivity index is 1.99. The van der Waals surface area contributed by atoms with Gasteiger partial charge in [0.15, 0.2) is 5.70 Å². The SMILES string of the molecule is COc1ccc(/C=C2/N=C(c3ccccc3F)OC2=O)c(OC)c1. The van der Waals surface area contributed by atoms with Gasteiger partial charge in [-0.3, -0.25) is 0 Å². The van der Waals surface area contributed by atoms with E-state index < -0.39 is 11.8 Å². The number of ether oxygens (including phenoxy) is 3. The molecule has 0 fully saturated rings. The maximum atomic E-state index is 13.8. The molecular formula is C18H14FNO4. The van der Waals surface area contributed by atoms with Crippen LogP contribution in [0.5, 0.6) is 11.5 Å². The Labute approximate surface area is 138 Å². The van der Waals surface area contributed by atoms with Gasteiger partial charge in [0.1, 0.15) is 17.3 Å². The van der Waals surface area contributed by atoms with Crippen molar-refractivity contribution >= 4 is 17.9 Å². The van der Waals surface area contributed by atoms with Gasteiger partial charge in [0.2, 0.25) is 5.90 Å². The molecule has 0 N–H and O–H groups in total. The second-order valence-corrected chi connectivity index (χ2v) is 4.92. The normalized spacial score (nSPS) is 15.2. The van der Waals surface area contributed by atoms with Crippen LogP contribution in [-0.4, -0.2) is 26.1 Å². The Hall–Kier alpha value is -3.15. The quantitative estimate of drug-likeness (QED) is 0.639. The second kappa shape index (κ2) is 6.54. The maximum Gasteiger partial charge on any atom is 0.363 e. The predicted molar refractivity (Wildman–Crippen MR) is 86.6 cm³/mol. The summed E-state index contributed by atoms with van der Waals surface area (Å²) in [6.45, 7) is 0. The summed E-state index contributed by atoms with van der Waals surface area (Å²) in [5, 5.41) is 0. The van der Waals surface area contributed by atoms with Gasteiger partial charge in [-0.25, -0.2) is 14.2 Å². The number of aliphatic imine (C=N–C) groups is 1. The van der Waals surface area contributed by atoms with Crippen molar-refractivity contribution in [2.45, 2.75) is 0 Å². The van der Waals surface area contributed by atoms with Crippen molar-refractivity contribution in [3.63, 3.8) is 0 Å². The molecular weight excluding hydrogens is 313 g/mol. The molecule has 0 aromatic heterocycles. The van der Waals surface area contributed by atoms with Crippen LogP contribution in [0.25, 0.3) is 6.08 Å². The number of esters is 1. The van der Waals surface area contributed by atoms with E-state index in [1.807, 2.05) is 0 Å².